The van der Waals surface area contributed by atoms with Crippen LogP contribution in [0.1, 0.15) is 0 Å². The zero-order chi connectivity index (χ0) is 8.39. The lowest BCUT2D eigenvalue weighted by Crippen LogP contribution is -1.93. The Bertz CT molecular complexity index is 465. The molecule has 0 radical (unpaired) electrons. The lowest BCUT2D eigenvalue weighted by Gasteiger charge is -1.87. The normalized spacial score (nSPS) is 9.23. The highest BCUT2D eigenvalue weighted by molar-refractivity contribution is 5.85. The molecule has 0 unspecified atom stereocenters. The summed E-state index contributed by atoms with van der Waals surface area (Å²) in [5.41, 5.74) is 0.0793. The van der Waals surface area contributed by atoms with Crippen LogP contribution in [0.25, 0.3) is 10.8 Å². The van der Waals surface area contributed by atoms with E-state index in [1.54, 1.807) is 12.1 Å². The van der Waals surface area contributed by atoms with Crippen molar-refractivity contribution in [2.24, 2.45) is 0 Å². The minimum atomic E-state index is 0. The number of halogens is 1. The van der Waals surface area contributed by atoms with E-state index in [1.165, 1.54) is 0 Å². The monoisotopic (exact) mass is 192 g/mol. The standard InChI is InChI=1S/C11H8O.ClH/c12-11-8-4-2-6-9-5-1-3-7-10(9)11;/h1-8H;1H. The number of hydrogen-bond donors (Lipinski definition) is 0. The third kappa shape index (κ3) is 1.87. The van der Waals surface area contributed by atoms with E-state index in [2.05, 4.69) is 0 Å². The molecule has 1 nitrogen and oxygen atoms in total. The molecule has 2 rings (SSSR count). The van der Waals surface area contributed by atoms with Crippen molar-refractivity contribution in [3.8, 4) is 0 Å². The van der Waals surface area contributed by atoms with Gasteiger partial charge in [0.2, 0.25) is 0 Å². The molecule has 2 heteroatoms. The number of benzene rings is 1. The van der Waals surface area contributed by atoms with Crippen molar-refractivity contribution in [2.75, 3.05) is 0 Å². The fourth-order valence-electron chi connectivity index (χ4n) is 1.26. The molecule has 0 bridgehead atoms. The van der Waals surface area contributed by atoms with Crippen LogP contribution in [0.2, 0.25) is 0 Å². The van der Waals surface area contributed by atoms with Crippen molar-refractivity contribution in [2.45, 2.75) is 0 Å². The van der Waals surface area contributed by atoms with Gasteiger partial charge in [-0.15, -0.1) is 12.4 Å². The van der Waals surface area contributed by atoms with Crippen molar-refractivity contribution >= 4 is 23.2 Å². The predicted octanol–water partition coefficient (Wildman–Crippen LogP) is 2.62. The third-order valence-corrected chi connectivity index (χ3v) is 1.86. The lowest BCUT2D eigenvalue weighted by atomic mass is 10.2. The first-order valence-electron chi connectivity index (χ1n) is 3.86. The summed E-state index contributed by atoms with van der Waals surface area (Å²) in [5.74, 6) is 0. The molecular formula is C11H9ClO. The average molecular weight is 193 g/mol. The molecule has 0 amide bonds. The molecule has 0 aliphatic carbocycles. The van der Waals surface area contributed by atoms with E-state index in [-0.39, 0.29) is 17.8 Å². The highest BCUT2D eigenvalue weighted by Gasteiger charge is 1.91. The second-order valence-electron chi connectivity index (χ2n) is 2.67. The maximum atomic E-state index is 11.4. The summed E-state index contributed by atoms with van der Waals surface area (Å²) >= 11 is 0. The largest absolute Gasteiger partial charge is 0.289 e. The Hall–Kier alpha value is -1.34. The van der Waals surface area contributed by atoms with E-state index in [1.807, 2.05) is 36.4 Å². The van der Waals surface area contributed by atoms with E-state index in [0.29, 0.717) is 0 Å². The van der Waals surface area contributed by atoms with E-state index in [0.717, 1.165) is 10.8 Å². The summed E-state index contributed by atoms with van der Waals surface area (Å²) in [7, 11) is 0. The lowest BCUT2D eigenvalue weighted by molar-refractivity contribution is 1.72. The summed E-state index contributed by atoms with van der Waals surface area (Å²) in [4.78, 5) is 11.4. The molecule has 0 spiro atoms. The molecule has 0 N–H and O–H groups in total. The smallest absolute Gasteiger partial charge is 0.186 e. The van der Waals surface area contributed by atoms with Crippen LogP contribution in [-0.2, 0) is 0 Å². The molecule has 0 aliphatic heterocycles. The molecule has 0 fully saturated rings. The first-order chi connectivity index (χ1) is 5.88. The molecule has 2 aromatic rings. The molecule has 0 aromatic heterocycles. The fraction of sp³-hybridized carbons (Fsp3) is 0. The van der Waals surface area contributed by atoms with E-state index in [9.17, 15) is 4.79 Å². The number of fused-ring (bicyclic) bond motifs is 1. The maximum absolute atomic E-state index is 11.4. The van der Waals surface area contributed by atoms with Gasteiger partial charge in [-0.1, -0.05) is 42.5 Å². The Balaban J connectivity index is 0.000000845. The summed E-state index contributed by atoms with van der Waals surface area (Å²) in [6.07, 6.45) is 0. The van der Waals surface area contributed by atoms with Gasteiger partial charge in [0, 0.05) is 5.39 Å². The highest BCUT2D eigenvalue weighted by atomic mass is 35.5. The summed E-state index contributed by atoms with van der Waals surface area (Å²) < 4.78 is 0. The van der Waals surface area contributed by atoms with Crippen LogP contribution in [0, 0.1) is 0 Å². The van der Waals surface area contributed by atoms with Gasteiger partial charge in [0.05, 0.1) is 0 Å². The van der Waals surface area contributed by atoms with E-state index < -0.39 is 0 Å². The number of hydrogen-bond acceptors (Lipinski definition) is 1. The zero-order valence-corrected chi connectivity index (χ0v) is 7.75. The van der Waals surface area contributed by atoms with Gasteiger partial charge in [-0.2, -0.15) is 0 Å². The quantitative estimate of drug-likeness (QED) is 0.627. The molecule has 66 valence electrons. The minimum Gasteiger partial charge on any atom is -0.289 e. The van der Waals surface area contributed by atoms with Crippen LogP contribution >= 0.6 is 12.4 Å². The van der Waals surface area contributed by atoms with Crippen LogP contribution < -0.4 is 5.43 Å². The van der Waals surface area contributed by atoms with Gasteiger partial charge < -0.3 is 0 Å². The van der Waals surface area contributed by atoms with Gasteiger partial charge >= 0.3 is 0 Å². The molecule has 0 atom stereocenters. The predicted molar refractivity (Wildman–Crippen MR) is 57.5 cm³/mol. The van der Waals surface area contributed by atoms with Crippen molar-refractivity contribution in [1.29, 1.82) is 0 Å². The van der Waals surface area contributed by atoms with Crippen molar-refractivity contribution in [3.05, 3.63) is 58.8 Å². The maximum Gasteiger partial charge on any atom is 0.186 e. The molecular weight excluding hydrogens is 184 g/mol. The van der Waals surface area contributed by atoms with E-state index in [4.69, 9.17) is 0 Å². The molecule has 0 aliphatic rings. The van der Waals surface area contributed by atoms with Gasteiger partial charge in [-0.25, -0.2) is 0 Å². The van der Waals surface area contributed by atoms with Crippen LogP contribution in [0.5, 0.6) is 0 Å². The van der Waals surface area contributed by atoms with Crippen LogP contribution in [-0.4, -0.2) is 0 Å². The molecule has 2 aromatic carbocycles. The van der Waals surface area contributed by atoms with Crippen molar-refractivity contribution < 1.29 is 0 Å². The van der Waals surface area contributed by atoms with Crippen molar-refractivity contribution in [3.63, 3.8) is 0 Å². The van der Waals surface area contributed by atoms with Gasteiger partial charge in [0.25, 0.3) is 0 Å². The van der Waals surface area contributed by atoms with Crippen LogP contribution in [0.3, 0.4) is 0 Å². The summed E-state index contributed by atoms with van der Waals surface area (Å²) in [5, 5.41) is 1.77. The molecule has 0 heterocycles. The first kappa shape index (κ1) is 9.75. The zero-order valence-electron chi connectivity index (χ0n) is 6.94. The van der Waals surface area contributed by atoms with Crippen LogP contribution in [0.4, 0.5) is 0 Å². The molecule has 0 saturated carbocycles. The highest BCUT2D eigenvalue weighted by Crippen LogP contribution is 2.06. The van der Waals surface area contributed by atoms with Gasteiger partial charge in [0.15, 0.2) is 5.43 Å². The number of rotatable bonds is 0. The fourth-order valence-corrected chi connectivity index (χ4v) is 1.26. The Morgan fingerprint density at radius 1 is 0.769 bits per heavy atom. The van der Waals surface area contributed by atoms with Gasteiger partial charge in [0.1, 0.15) is 0 Å². The summed E-state index contributed by atoms with van der Waals surface area (Å²) in [6.45, 7) is 0. The topological polar surface area (TPSA) is 17.1 Å². The van der Waals surface area contributed by atoms with Gasteiger partial charge in [-0.3, -0.25) is 4.79 Å². The Labute approximate surface area is 82.4 Å². The minimum absolute atomic E-state index is 0. The Morgan fingerprint density at radius 3 is 2.00 bits per heavy atom. The molecule has 0 saturated heterocycles. The Morgan fingerprint density at radius 2 is 1.31 bits per heavy atom. The van der Waals surface area contributed by atoms with Gasteiger partial charge in [-0.05, 0) is 11.5 Å². The van der Waals surface area contributed by atoms with Crippen molar-refractivity contribution in [1.82, 2.24) is 0 Å². The average Bonchev–Trinajstić information content (AvgIpc) is 2.29. The van der Waals surface area contributed by atoms with E-state index >= 15 is 0 Å². The second kappa shape index (κ2) is 4.06. The third-order valence-electron chi connectivity index (χ3n) is 1.86. The SMILES string of the molecule is Cl.O=c1ccccc2ccccc12. The molecule has 13 heavy (non-hydrogen) atoms. The van der Waals surface area contributed by atoms with Crippen LogP contribution in [0.15, 0.2) is 53.3 Å². The Kier molecular flexibility index (Phi) is 3.04. The second-order valence-corrected chi connectivity index (χ2v) is 2.67. The summed E-state index contributed by atoms with van der Waals surface area (Å²) in [6, 6.07) is 14.8. The first-order valence-corrected chi connectivity index (χ1v) is 3.86.